The van der Waals surface area contributed by atoms with Gasteiger partial charge in [-0.15, -0.1) is 0 Å². The summed E-state index contributed by atoms with van der Waals surface area (Å²) < 4.78 is 5.53. The topological polar surface area (TPSA) is 95.9 Å². The second kappa shape index (κ2) is 9.75. The number of benzene rings is 2. The molecule has 1 fully saturated rings. The number of nitrogens with zero attached hydrogens (tertiary/aromatic N) is 1. The number of carboxylic acid groups (broad SMARTS) is 1. The fourth-order valence-electron chi connectivity index (χ4n) is 2.44. The molecule has 1 saturated heterocycles. The first-order chi connectivity index (χ1) is 14.3. The van der Waals surface area contributed by atoms with E-state index in [0.29, 0.717) is 10.7 Å². The number of rotatable bonds is 7. The molecular weight excluding hydrogens is 448 g/mol. The number of hydrogen-bond donors (Lipinski definition) is 2. The van der Waals surface area contributed by atoms with Gasteiger partial charge in [0.25, 0.3) is 11.8 Å². The maximum Gasteiger partial charge on any atom is 0.306 e. The van der Waals surface area contributed by atoms with E-state index in [1.54, 1.807) is 54.6 Å². The van der Waals surface area contributed by atoms with Gasteiger partial charge in [0, 0.05) is 0 Å². The Morgan fingerprint density at radius 1 is 1.20 bits per heavy atom. The predicted octanol–water partition coefficient (Wildman–Crippen LogP) is 3.74. The molecule has 154 valence electrons. The molecule has 0 radical (unpaired) electrons. The molecular formula is C20H15ClN2O5S2. The minimum Gasteiger partial charge on any atom is -0.493 e. The van der Waals surface area contributed by atoms with Gasteiger partial charge in [0.15, 0.2) is 4.32 Å². The molecule has 10 heteroatoms. The molecule has 0 bridgehead atoms. The fourth-order valence-corrected chi connectivity index (χ4v) is 3.84. The van der Waals surface area contributed by atoms with Crippen LogP contribution in [0.5, 0.6) is 5.75 Å². The number of thiocarbonyl (C=S) groups is 1. The molecule has 0 aliphatic carbocycles. The quantitative estimate of drug-likeness (QED) is 0.478. The van der Waals surface area contributed by atoms with Crippen LogP contribution in [0.2, 0.25) is 5.02 Å². The van der Waals surface area contributed by atoms with Crippen LogP contribution in [-0.4, -0.2) is 38.8 Å². The number of nitrogens with one attached hydrogen (secondary N) is 1. The van der Waals surface area contributed by atoms with Crippen molar-refractivity contribution in [3.05, 3.63) is 69.6 Å². The van der Waals surface area contributed by atoms with Crippen LogP contribution in [-0.2, 0) is 9.59 Å². The van der Waals surface area contributed by atoms with Crippen LogP contribution in [0.25, 0.3) is 6.08 Å². The van der Waals surface area contributed by atoms with E-state index in [1.165, 1.54) is 0 Å². The molecule has 3 rings (SSSR count). The lowest BCUT2D eigenvalue weighted by atomic mass is 10.2. The summed E-state index contributed by atoms with van der Waals surface area (Å²) in [6.07, 6.45) is 1.55. The first kappa shape index (κ1) is 21.8. The van der Waals surface area contributed by atoms with Gasteiger partial charge in [0.05, 0.1) is 28.5 Å². The normalized spacial score (nSPS) is 14.8. The van der Waals surface area contributed by atoms with Gasteiger partial charge in [-0.1, -0.05) is 47.6 Å². The number of ether oxygens (including phenoxy) is 1. The monoisotopic (exact) mass is 462 g/mol. The van der Waals surface area contributed by atoms with Gasteiger partial charge in [0.2, 0.25) is 0 Å². The molecule has 0 saturated carbocycles. The molecule has 2 N–H and O–H groups in total. The molecule has 0 spiro atoms. The third-order valence-electron chi connectivity index (χ3n) is 3.89. The Hall–Kier alpha value is -2.88. The van der Waals surface area contributed by atoms with Crippen molar-refractivity contribution in [1.29, 1.82) is 0 Å². The van der Waals surface area contributed by atoms with Crippen LogP contribution >= 0.6 is 35.6 Å². The first-order valence-electron chi connectivity index (χ1n) is 8.63. The number of hydrazine groups is 1. The zero-order valence-electron chi connectivity index (χ0n) is 15.3. The Bertz CT molecular complexity index is 1040. The third kappa shape index (κ3) is 5.38. The zero-order valence-corrected chi connectivity index (χ0v) is 17.7. The van der Waals surface area contributed by atoms with Crippen molar-refractivity contribution in [2.45, 2.75) is 6.42 Å². The largest absolute Gasteiger partial charge is 0.493 e. The molecule has 2 aromatic carbocycles. The van der Waals surface area contributed by atoms with Crippen LogP contribution in [0, 0.1) is 0 Å². The van der Waals surface area contributed by atoms with E-state index in [1.807, 2.05) is 0 Å². The number of carbonyl (C=O) groups is 3. The maximum atomic E-state index is 12.7. The van der Waals surface area contributed by atoms with Crippen molar-refractivity contribution in [2.24, 2.45) is 0 Å². The molecule has 1 aliphatic rings. The molecule has 2 amide bonds. The van der Waals surface area contributed by atoms with Gasteiger partial charge < -0.3 is 9.84 Å². The van der Waals surface area contributed by atoms with Gasteiger partial charge in [-0.25, -0.2) is 0 Å². The molecule has 0 aromatic heterocycles. The van der Waals surface area contributed by atoms with Crippen molar-refractivity contribution in [1.82, 2.24) is 10.4 Å². The van der Waals surface area contributed by atoms with Crippen molar-refractivity contribution >= 4 is 63.8 Å². The van der Waals surface area contributed by atoms with Crippen LogP contribution in [0.1, 0.15) is 22.3 Å². The number of carboxylic acids is 1. The predicted molar refractivity (Wildman–Crippen MR) is 118 cm³/mol. The van der Waals surface area contributed by atoms with E-state index in [4.69, 9.17) is 33.7 Å². The highest BCUT2D eigenvalue weighted by Crippen LogP contribution is 2.32. The Morgan fingerprint density at radius 3 is 2.57 bits per heavy atom. The first-order valence-corrected chi connectivity index (χ1v) is 10.2. The SMILES string of the molecule is O=C(O)CCOc1ccc(/C=C2/SC(=S)N(NC(=O)c3ccccc3Cl)C2=O)cc1. The van der Waals surface area contributed by atoms with Crippen molar-refractivity contribution in [3.63, 3.8) is 0 Å². The number of amides is 2. The van der Waals surface area contributed by atoms with E-state index in [0.717, 1.165) is 22.3 Å². The Kier molecular flexibility index (Phi) is 7.09. The summed E-state index contributed by atoms with van der Waals surface area (Å²) >= 11 is 12.3. The lowest BCUT2D eigenvalue weighted by molar-refractivity contribution is -0.137. The van der Waals surface area contributed by atoms with E-state index >= 15 is 0 Å². The summed E-state index contributed by atoms with van der Waals surface area (Å²) in [6, 6.07) is 13.3. The maximum absolute atomic E-state index is 12.7. The molecule has 30 heavy (non-hydrogen) atoms. The van der Waals surface area contributed by atoms with Crippen molar-refractivity contribution in [2.75, 3.05) is 6.61 Å². The fraction of sp³-hybridized carbons (Fsp3) is 0.100. The number of hydrogen-bond acceptors (Lipinski definition) is 6. The molecule has 0 unspecified atom stereocenters. The number of carbonyl (C=O) groups excluding carboxylic acids is 2. The second-order valence-corrected chi connectivity index (χ2v) is 8.08. The van der Waals surface area contributed by atoms with Gasteiger partial charge in [0.1, 0.15) is 5.75 Å². The lowest BCUT2D eigenvalue weighted by Crippen LogP contribution is -2.44. The lowest BCUT2D eigenvalue weighted by Gasteiger charge is -2.16. The molecule has 1 aliphatic heterocycles. The van der Waals surface area contributed by atoms with Gasteiger partial charge in [-0.3, -0.25) is 19.8 Å². The Labute approximate surface area is 186 Å². The van der Waals surface area contributed by atoms with Gasteiger partial charge in [-0.2, -0.15) is 5.01 Å². The van der Waals surface area contributed by atoms with Gasteiger partial charge >= 0.3 is 5.97 Å². The van der Waals surface area contributed by atoms with Crippen LogP contribution in [0.3, 0.4) is 0 Å². The van der Waals surface area contributed by atoms with Gasteiger partial charge in [-0.05, 0) is 48.1 Å². The zero-order chi connectivity index (χ0) is 21.7. The average Bonchev–Trinajstić information content (AvgIpc) is 2.96. The van der Waals surface area contributed by atoms with E-state index in [9.17, 15) is 14.4 Å². The number of thioether (sulfide) groups is 1. The minimum atomic E-state index is -0.935. The van der Waals surface area contributed by atoms with E-state index in [-0.39, 0.29) is 27.9 Å². The van der Waals surface area contributed by atoms with E-state index < -0.39 is 17.8 Å². The Morgan fingerprint density at radius 2 is 1.90 bits per heavy atom. The van der Waals surface area contributed by atoms with E-state index in [2.05, 4.69) is 5.43 Å². The second-order valence-electron chi connectivity index (χ2n) is 6.00. The summed E-state index contributed by atoms with van der Waals surface area (Å²) in [4.78, 5) is 35.9. The summed E-state index contributed by atoms with van der Waals surface area (Å²) in [5.74, 6) is -1.41. The highest BCUT2D eigenvalue weighted by Gasteiger charge is 2.34. The summed E-state index contributed by atoms with van der Waals surface area (Å²) in [7, 11) is 0. The number of halogens is 1. The third-order valence-corrected chi connectivity index (χ3v) is 5.52. The van der Waals surface area contributed by atoms with Crippen molar-refractivity contribution < 1.29 is 24.2 Å². The molecule has 1 heterocycles. The Balaban J connectivity index is 1.66. The molecule has 0 atom stereocenters. The highest BCUT2D eigenvalue weighted by molar-refractivity contribution is 8.26. The van der Waals surface area contributed by atoms with Crippen LogP contribution in [0.15, 0.2) is 53.4 Å². The van der Waals surface area contributed by atoms with Crippen molar-refractivity contribution in [3.8, 4) is 5.75 Å². The summed E-state index contributed by atoms with van der Waals surface area (Å²) in [5.41, 5.74) is 3.44. The molecule has 2 aromatic rings. The average molecular weight is 463 g/mol. The standard InChI is InChI=1S/C20H15ClN2O5S2/c21-15-4-2-1-3-14(15)18(26)22-23-19(27)16(30-20(23)29)11-12-5-7-13(8-6-12)28-10-9-17(24)25/h1-8,11H,9-10H2,(H,22,26)(H,24,25)/b16-11+. The minimum absolute atomic E-state index is 0.0679. The highest BCUT2D eigenvalue weighted by atomic mass is 35.5. The molecule has 7 nitrogen and oxygen atoms in total. The summed E-state index contributed by atoms with van der Waals surface area (Å²) in [5, 5.41) is 9.91. The number of aliphatic carboxylic acids is 1. The summed E-state index contributed by atoms with van der Waals surface area (Å²) in [6.45, 7) is 0.0679. The smallest absolute Gasteiger partial charge is 0.306 e. The van der Waals surface area contributed by atoms with Crippen LogP contribution < -0.4 is 10.2 Å². The van der Waals surface area contributed by atoms with Crippen LogP contribution in [0.4, 0.5) is 0 Å².